The topological polar surface area (TPSA) is 26.3 Å². The molecule has 0 fully saturated rings. The van der Waals surface area contributed by atoms with Gasteiger partial charge in [-0.1, -0.05) is 17.7 Å². The monoisotopic (exact) mass is 282 g/mol. The normalized spacial score (nSPS) is 10.3. The summed E-state index contributed by atoms with van der Waals surface area (Å²) in [5.74, 6) is -1.99. The highest BCUT2D eigenvalue weighted by molar-refractivity contribution is 6.31. The second kappa shape index (κ2) is 5.36. The van der Waals surface area contributed by atoms with Crippen LogP contribution in [-0.2, 0) is 0 Å². The summed E-state index contributed by atoms with van der Waals surface area (Å²) in [6.45, 7) is 0. The Morgan fingerprint density at radius 2 is 1.95 bits per heavy atom. The van der Waals surface area contributed by atoms with Crippen LogP contribution in [-0.4, -0.2) is 12.9 Å². The third kappa shape index (κ3) is 2.74. The molecule has 0 aliphatic heterocycles. The molecule has 0 unspecified atom stereocenters. The first kappa shape index (κ1) is 13.5. The van der Waals surface area contributed by atoms with E-state index in [-0.39, 0.29) is 21.9 Å². The summed E-state index contributed by atoms with van der Waals surface area (Å²) in [5, 5.41) is 0.0682. The van der Waals surface area contributed by atoms with Gasteiger partial charge in [0.25, 0.3) is 0 Å². The second-order valence-corrected chi connectivity index (χ2v) is 4.24. The predicted molar refractivity (Wildman–Crippen MR) is 67.8 cm³/mol. The van der Waals surface area contributed by atoms with E-state index in [1.54, 1.807) is 0 Å². The van der Waals surface area contributed by atoms with Crippen molar-refractivity contribution in [1.29, 1.82) is 0 Å². The van der Waals surface area contributed by atoms with Gasteiger partial charge >= 0.3 is 0 Å². The quantitative estimate of drug-likeness (QED) is 0.799. The van der Waals surface area contributed by atoms with Gasteiger partial charge in [-0.05, 0) is 30.3 Å². The van der Waals surface area contributed by atoms with Crippen molar-refractivity contribution in [3.63, 3.8) is 0 Å². The minimum absolute atomic E-state index is 0.0339. The number of carbonyl (C=O) groups is 1. The molecule has 0 N–H and O–H groups in total. The number of ketones is 1. The van der Waals surface area contributed by atoms with Gasteiger partial charge in [-0.25, -0.2) is 8.78 Å². The molecule has 0 atom stereocenters. The lowest BCUT2D eigenvalue weighted by Gasteiger charge is -2.09. The number of carbonyl (C=O) groups excluding carboxylic acids is 1. The molecule has 0 aliphatic rings. The molecule has 0 aromatic heterocycles. The Kier molecular flexibility index (Phi) is 3.81. The van der Waals surface area contributed by atoms with Crippen LogP contribution in [0.3, 0.4) is 0 Å². The van der Waals surface area contributed by atoms with Crippen molar-refractivity contribution in [2.24, 2.45) is 0 Å². The lowest BCUT2D eigenvalue weighted by Crippen LogP contribution is -2.07. The molecule has 0 spiro atoms. The molecule has 2 nitrogen and oxygen atoms in total. The summed E-state index contributed by atoms with van der Waals surface area (Å²) < 4.78 is 31.9. The molecule has 5 heteroatoms. The Balaban J connectivity index is 2.56. The van der Waals surface area contributed by atoms with Crippen molar-refractivity contribution in [3.8, 4) is 5.75 Å². The summed E-state index contributed by atoms with van der Waals surface area (Å²) >= 11 is 5.68. The largest absolute Gasteiger partial charge is 0.496 e. The lowest BCUT2D eigenvalue weighted by atomic mass is 10.0. The Morgan fingerprint density at radius 3 is 2.58 bits per heavy atom. The van der Waals surface area contributed by atoms with Gasteiger partial charge < -0.3 is 4.74 Å². The first-order valence-electron chi connectivity index (χ1n) is 5.36. The van der Waals surface area contributed by atoms with E-state index in [1.807, 2.05) is 0 Å². The highest BCUT2D eigenvalue weighted by atomic mass is 35.5. The Morgan fingerprint density at radius 1 is 1.21 bits per heavy atom. The van der Waals surface area contributed by atoms with Crippen molar-refractivity contribution in [1.82, 2.24) is 0 Å². The van der Waals surface area contributed by atoms with E-state index < -0.39 is 17.4 Å². The van der Waals surface area contributed by atoms with Crippen LogP contribution in [0.1, 0.15) is 15.9 Å². The molecular weight excluding hydrogens is 274 g/mol. The van der Waals surface area contributed by atoms with Crippen molar-refractivity contribution in [3.05, 3.63) is 64.2 Å². The zero-order valence-corrected chi connectivity index (χ0v) is 10.7. The average Bonchev–Trinajstić information content (AvgIpc) is 2.36. The summed E-state index contributed by atoms with van der Waals surface area (Å²) in [6, 6.07) is 7.35. The van der Waals surface area contributed by atoms with Gasteiger partial charge in [0.05, 0.1) is 7.11 Å². The smallest absolute Gasteiger partial charge is 0.199 e. The van der Waals surface area contributed by atoms with Crippen molar-refractivity contribution in [2.45, 2.75) is 0 Å². The third-order valence-electron chi connectivity index (χ3n) is 2.55. The van der Waals surface area contributed by atoms with E-state index in [0.29, 0.717) is 0 Å². The lowest BCUT2D eigenvalue weighted by molar-refractivity contribution is 0.103. The highest BCUT2D eigenvalue weighted by Gasteiger charge is 2.20. The van der Waals surface area contributed by atoms with E-state index in [0.717, 1.165) is 18.2 Å². The molecule has 0 bridgehead atoms. The maximum atomic E-state index is 13.7. The van der Waals surface area contributed by atoms with Gasteiger partial charge in [-0.2, -0.15) is 0 Å². The van der Waals surface area contributed by atoms with Crippen molar-refractivity contribution < 1.29 is 18.3 Å². The van der Waals surface area contributed by atoms with Crippen LogP contribution < -0.4 is 4.74 Å². The van der Waals surface area contributed by atoms with Crippen LogP contribution in [0.5, 0.6) is 5.75 Å². The van der Waals surface area contributed by atoms with Crippen molar-refractivity contribution >= 4 is 17.4 Å². The standard InChI is InChI=1S/C14H9ClF2O2/c1-19-12-4-2-3-11(17)13(12)14(18)8-5-9(15)7-10(16)6-8/h2-7H,1H3. The minimum Gasteiger partial charge on any atom is -0.496 e. The number of halogens is 3. The predicted octanol–water partition coefficient (Wildman–Crippen LogP) is 3.86. The summed E-state index contributed by atoms with van der Waals surface area (Å²) in [7, 11) is 1.32. The SMILES string of the molecule is COc1cccc(F)c1C(=O)c1cc(F)cc(Cl)c1. The molecular formula is C14H9ClF2O2. The summed E-state index contributed by atoms with van der Waals surface area (Å²) in [5.41, 5.74) is -0.278. The number of benzene rings is 2. The Hall–Kier alpha value is -1.94. The van der Waals surface area contributed by atoms with Gasteiger partial charge in [0.1, 0.15) is 22.9 Å². The van der Waals surface area contributed by atoms with Crippen LogP contribution in [0.2, 0.25) is 5.02 Å². The van der Waals surface area contributed by atoms with E-state index in [2.05, 4.69) is 0 Å². The van der Waals surface area contributed by atoms with Crippen molar-refractivity contribution in [2.75, 3.05) is 7.11 Å². The van der Waals surface area contributed by atoms with E-state index in [4.69, 9.17) is 16.3 Å². The first-order valence-corrected chi connectivity index (χ1v) is 5.74. The Bertz CT molecular complexity index is 621. The second-order valence-electron chi connectivity index (χ2n) is 3.80. The molecule has 0 heterocycles. The van der Waals surface area contributed by atoms with Gasteiger partial charge in [0.2, 0.25) is 0 Å². The fraction of sp³-hybridized carbons (Fsp3) is 0.0714. The van der Waals surface area contributed by atoms with E-state index in [1.165, 1.54) is 25.3 Å². The number of ether oxygens (including phenoxy) is 1. The van der Waals surface area contributed by atoms with Gasteiger partial charge in [-0.15, -0.1) is 0 Å². The molecule has 2 aromatic rings. The van der Waals surface area contributed by atoms with Crippen LogP contribution in [0, 0.1) is 11.6 Å². The zero-order chi connectivity index (χ0) is 14.0. The van der Waals surface area contributed by atoms with Gasteiger partial charge in [0, 0.05) is 10.6 Å². The number of hydrogen-bond acceptors (Lipinski definition) is 2. The molecule has 98 valence electrons. The summed E-state index contributed by atoms with van der Waals surface area (Å²) in [4.78, 5) is 12.2. The average molecular weight is 283 g/mol. The molecule has 0 amide bonds. The fourth-order valence-electron chi connectivity index (χ4n) is 1.72. The molecule has 0 saturated carbocycles. The first-order chi connectivity index (χ1) is 9.02. The van der Waals surface area contributed by atoms with Crippen LogP contribution >= 0.6 is 11.6 Å². The zero-order valence-electron chi connectivity index (χ0n) is 9.91. The molecule has 2 aromatic carbocycles. The summed E-state index contributed by atoms with van der Waals surface area (Å²) in [6.07, 6.45) is 0. The number of rotatable bonds is 3. The minimum atomic E-state index is -0.732. The number of methoxy groups -OCH3 is 1. The van der Waals surface area contributed by atoms with Gasteiger partial charge in [0.15, 0.2) is 5.78 Å². The molecule has 0 radical (unpaired) electrons. The van der Waals surface area contributed by atoms with E-state index in [9.17, 15) is 13.6 Å². The highest BCUT2D eigenvalue weighted by Crippen LogP contribution is 2.25. The maximum Gasteiger partial charge on any atom is 0.199 e. The maximum absolute atomic E-state index is 13.7. The molecule has 0 saturated heterocycles. The Labute approximate surface area is 113 Å². The molecule has 0 aliphatic carbocycles. The van der Waals surface area contributed by atoms with E-state index >= 15 is 0 Å². The van der Waals surface area contributed by atoms with Crippen LogP contribution in [0.25, 0.3) is 0 Å². The molecule has 19 heavy (non-hydrogen) atoms. The molecule has 2 rings (SSSR count). The van der Waals surface area contributed by atoms with Crippen LogP contribution in [0.15, 0.2) is 36.4 Å². The fourth-order valence-corrected chi connectivity index (χ4v) is 1.95. The van der Waals surface area contributed by atoms with Crippen LogP contribution in [0.4, 0.5) is 8.78 Å². The number of hydrogen-bond donors (Lipinski definition) is 0. The van der Waals surface area contributed by atoms with Gasteiger partial charge in [-0.3, -0.25) is 4.79 Å². The third-order valence-corrected chi connectivity index (χ3v) is 2.77.